The van der Waals surface area contributed by atoms with E-state index in [0.29, 0.717) is 6.54 Å². The quantitative estimate of drug-likeness (QED) is 0.779. The van der Waals surface area contributed by atoms with E-state index in [1.54, 1.807) is 18.7 Å². The molecule has 1 N–H and O–H groups in total. The van der Waals surface area contributed by atoms with Crippen LogP contribution in [0.2, 0.25) is 0 Å². The molecule has 0 spiro atoms. The van der Waals surface area contributed by atoms with E-state index in [2.05, 4.69) is 54.2 Å². The first-order chi connectivity index (χ1) is 12.3. The highest BCUT2D eigenvalue weighted by atomic mass is 15.3. The lowest BCUT2D eigenvalue weighted by Gasteiger charge is -2.34. The molecule has 128 valence electrons. The minimum Gasteiger partial charge on any atom is -0.377 e. The molecule has 0 amide bonds. The normalized spacial score (nSPS) is 15.5. The summed E-state index contributed by atoms with van der Waals surface area (Å²) in [6, 6.07) is 6.14. The molecule has 3 aromatic rings. The van der Waals surface area contributed by atoms with E-state index >= 15 is 0 Å². The van der Waals surface area contributed by atoms with Crippen LogP contribution in [0.15, 0.2) is 43.1 Å². The van der Waals surface area contributed by atoms with Crippen LogP contribution in [0.5, 0.6) is 0 Å². The summed E-state index contributed by atoms with van der Waals surface area (Å²) in [4.78, 5) is 22.0. The van der Waals surface area contributed by atoms with Crippen molar-refractivity contribution in [3.8, 4) is 0 Å². The Morgan fingerprint density at radius 3 is 2.64 bits per heavy atom. The second kappa shape index (κ2) is 6.98. The fourth-order valence-electron chi connectivity index (χ4n) is 3.03. The van der Waals surface area contributed by atoms with Crippen LogP contribution in [-0.4, -0.2) is 58.1 Å². The van der Waals surface area contributed by atoms with Gasteiger partial charge in [0.25, 0.3) is 0 Å². The number of piperazine rings is 1. The van der Waals surface area contributed by atoms with Gasteiger partial charge >= 0.3 is 0 Å². The van der Waals surface area contributed by atoms with Crippen molar-refractivity contribution in [2.75, 3.05) is 43.4 Å². The van der Waals surface area contributed by atoms with Gasteiger partial charge in [-0.15, -0.1) is 0 Å². The molecule has 0 radical (unpaired) electrons. The zero-order valence-corrected chi connectivity index (χ0v) is 14.3. The minimum atomic E-state index is 0.695. The highest BCUT2D eigenvalue weighted by molar-refractivity contribution is 5.74. The molecule has 0 bridgehead atoms. The number of likely N-dealkylation sites (N-methyl/N-ethyl adjacent to an activating group) is 1. The molecular weight excluding hydrogens is 314 g/mol. The zero-order chi connectivity index (χ0) is 17.1. The van der Waals surface area contributed by atoms with Crippen molar-refractivity contribution < 1.29 is 0 Å². The molecule has 0 aliphatic carbocycles. The molecule has 25 heavy (non-hydrogen) atoms. The molecule has 0 unspecified atom stereocenters. The third kappa shape index (κ3) is 3.51. The van der Waals surface area contributed by atoms with Crippen molar-refractivity contribution in [3.05, 3.63) is 48.7 Å². The number of benzene rings is 1. The summed E-state index contributed by atoms with van der Waals surface area (Å²) in [6.07, 6.45) is 6.89. The average molecular weight is 335 g/mol. The molecule has 7 nitrogen and oxygen atoms in total. The smallest absolute Gasteiger partial charge is 0.155 e. The summed E-state index contributed by atoms with van der Waals surface area (Å²) in [5.41, 5.74) is 3.94. The molecule has 2 aromatic heterocycles. The Kier molecular flexibility index (Phi) is 4.39. The van der Waals surface area contributed by atoms with Crippen LogP contribution < -0.4 is 10.2 Å². The average Bonchev–Trinajstić information content (AvgIpc) is 2.67. The number of anilines is 2. The molecule has 1 aromatic carbocycles. The van der Waals surface area contributed by atoms with Crippen molar-refractivity contribution in [1.82, 2.24) is 24.8 Å². The maximum atomic E-state index is 4.50. The molecule has 1 saturated heterocycles. The van der Waals surface area contributed by atoms with Gasteiger partial charge in [-0.1, -0.05) is 6.07 Å². The Bertz CT molecular complexity index is 859. The topological polar surface area (TPSA) is 70.1 Å². The fraction of sp³-hybridized carbons (Fsp3) is 0.333. The Balaban J connectivity index is 1.50. The van der Waals surface area contributed by atoms with Gasteiger partial charge in [0.05, 0.1) is 22.9 Å². The Hall–Kier alpha value is -2.80. The van der Waals surface area contributed by atoms with Gasteiger partial charge in [0.2, 0.25) is 0 Å². The fourth-order valence-corrected chi connectivity index (χ4v) is 3.03. The number of hydrogen-bond donors (Lipinski definition) is 1. The molecule has 1 aliphatic rings. The first kappa shape index (κ1) is 15.7. The number of nitrogens with zero attached hydrogens (tertiary/aromatic N) is 6. The second-order valence-corrected chi connectivity index (χ2v) is 6.28. The first-order valence-electron chi connectivity index (χ1n) is 8.46. The summed E-state index contributed by atoms with van der Waals surface area (Å²) >= 11 is 0. The Morgan fingerprint density at radius 2 is 1.80 bits per heavy atom. The summed E-state index contributed by atoms with van der Waals surface area (Å²) in [6.45, 7) is 4.75. The van der Waals surface area contributed by atoms with Crippen LogP contribution in [-0.2, 0) is 6.54 Å². The molecule has 1 aliphatic heterocycles. The highest BCUT2D eigenvalue weighted by Gasteiger charge is 2.18. The van der Waals surface area contributed by atoms with Crippen LogP contribution in [0.3, 0.4) is 0 Å². The van der Waals surface area contributed by atoms with E-state index < -0.39 is 0 Å². The predicted octanol–water partition coefficient (Wildman–Crippen LogP) is 1.78. The van der Waals surface area contributed by atoms with E-state index in [9.17, 15) is 0 Å². The third-order valence-electron chi connectivity index (χ3n) is 4.51. The van der Waals surface area contributed by atoms with Crippen molar-refractivity contribution in [2.24, 2.45) is 0 Å². The van der Waals surface area contributed by atoms with Crippen LogP contribution in [0.25, 0.3) is 11.0 Å². The van der Waals surface area contributed by atoms with E-state index in [4.69, 9.17) is 0 Å². The van der Waals surface area contributed by atoms with Crippen molar-refractivity contribution >= 4 is 22.5 Å². The molecule has 1 fully saturated rings. The Morgan fingerprint density at radius 1 is 1.00 bits per heavy atom. The van der Waals surface area contributed by atoms with E-state index in [1.165, 1.54) is 0 Å². The standard InChI is InChI=1S/C18H21N7/c1-24-6-8-25(9-7-24)18-17(12-19-13-23-18)22-11-14-2-3-15-16(10-14)21-5-4-20-15/h2-5,10,12-13,22H,6-9,11H2,1H3. The van der Waals surface area contributed by atoms with Gasteiger partial charge in [-0.3, -0.25) is 9.97 Å². The maximum Gasteiger partial charge on any atom is 0.155 e. The molecule has 3 heterocycles. The lowest BCUT2D eigenvalue weighted by Crippen LogP contribution is -2.45. The van der Waals surface area contributed by atoms with E-state index in [0.717, 1.165) is 54.3 Å². The molecule has 7 heteroatoms. The molecule has 0 saturated carbocycles. The van der Waals surface area contributed by atoms with Crippen LogP contribution in [0.1, 0.15) is 5.56 Å². The molecule has 0 atom stereocenters. The third-order valence-corrected chi connectivity index (χ3v) is 4.51. The van der Waals surface area contributed by atoms with Crippen LogP contribution in [0.4, 0.5) is 11.5 Å². The lowest BCUT2D eigenvalue weighted by molar-refractivity contribution is 0.312. The number of aromatic nitrogens is 4. The van der Waals surface area contributed by atoms with Gasteiger partial charge in [0, 0.05) is 45.1 Å². The van der Waals surface area contributed by atoms with Crippen LogP contribution in [0, 0.1) is 0 Å². The van der Waals surface area contributed by atoms with Crippen molar-refractivity contribution in [2.45, 2.75) is 6.54 Å². The van der Waals surface area contributed by atoms with E-state index in [1.807, 2.05) is 12.3 Å². The van der Waals surface area contributed by atoms with Gasteiger partial charge in [-0.2, -0.15) is 0 Å². The number of fused-ring (bicyclic) bond motifs is 1. The number of nitrogens with one attached hydrogen (secondary N) is 1. The Labute approximate surface area is 146 Å². The summed E-state index contributed by atoms with van der Waals surface area (Å²) in [5.74, 6) is 0.976. The number of rotatable bonds is 4. The molecular formula is C18H21N7. The van der Waals surface area contributed by atoms with Crippen LogP contribution >= 0.6 is 0 Å². The van der Waals surface area contributed by atoms with Gasteiger partial charge < -0.3 is 15.1 Å². The maximum absolute atomic E-state index is 4.50. The summed E-state index contributed by atoms with van der Waals surface area (Å²) in [5, 5.41) is 3.47. The first-order valence-corrected chi connectivity index (χ1v) is 8.46. The second-order valence-electron chi connectivity index (χ2n) is 6.28. The zero-order valence-electron chi connectivity index (χ0n) is 14.3. The SMILES string of the molecule is CN1CCN(c2ncncc2NCc2ccc3nccnc3c2)CC1. The highest BCUT2D eigenvalue weighted by Crippen LogP contribution is 2.23. The van der Waals surface area contributed by atoms with Gasteiger partial charge in [-0.05, 0) is 24.7 Å². The molecule has 4 rings (SSSR count). The van der Waals surface area contributed by atoms with Gasteiger partial charge in [-0.25, -0.2) is 9.97 Å². The summed E-state index contributed by atoms with van der Waals surface area (Å²) < 4.78 is 0. The monoisotopic (exact) mass is 335 g/mol. The number of hydrogen-bond acceptors (Lipinski definition) is 7. The predicted molar refractivity (Wildman–Crippen MR) is 98.6 cm³/mol. The largest absolute Gasteiger partial charge is 0.377 e. The van der Waals surface area contributed by atoms with Gasteiger partial charge in [0.1, 0.15) is 6.33 Å². The minimum absolute atomic E-state index is 0.695. The van der Waals surface area contributed by atoms with Crippen molar-refractivity contribution in [3.63, 3.8) is 0 Å². The van der Waals surface area contributed by atoms with Gasteiger partial charge in [0.15, 0.2) is 5.82 Å². The van der Waals surface area contributed by atoms with E-state index in [-0.39, 0.29) is 0 Å². The lowest BCUT2D eigenvalue weighted by atomic mass is 10.2. The summed E-state index contributed by atoms with van der Waals surface area (Å²) in [7, 11) is 2.15. The van der Waals surface area contributed by atoms with Crippen molar-refractivity contribution in [1.29, 1.82) is 0 Å².